The molecule has 1 aliphatic heterocycles. The third kappa shape index (κ3) is 4.61. The lowest BCUT2D eigenvalue weighted by atomic mass is 10.1. The average molecular weight is 292 g/mol. The van der Waals surface area contributed by atoms with Gasteiger partial charge in [-0.2, -0.15) is 0 Å². The van der Waals surface area contributed by atoms with Crippen LogP contribution in [0.2, 0.25) is 0 Å². The summed E-state index contributed by atoms with van der Waals surface area (Å²) in [5.41, 5.74) is 1.25. The number of hydrogen-bond donors (Lipinski definition) is 1. The summed E-state index contributed by atoms with van der Waals surface area (Å²) in [5.74, 6) is 1.71. The van der Waals surface area contributed by atoms with Gasteiger partial charge < -0.3 is 19.7 Å². The molecule has 1 aromatic rings. The van der Waals surface area contributed by atoms with Crippen LogP contribution in [0.3, 0.4) is 0 Å². The van der Waals surface area contributed by atoms with Gasteiger partial charge in [-0.15, -0.1) is 0 Å². The van der Waals surface area contributed by atoms with Crippen molar-refractivity contribution in [1.29, 1.82) is 0 Å². The van der Waals surface area contributed by atoms with Gasteiger partial charge in [-0.1, -0.05) is 6.07 Å². The van der Waals surface area contributed by atoms with E-state index in [4.69, 9.17) is 9.47 Å². The molecule has 0 fully saturated rings. The van der Waals surface area contributed by atoms with Gasteiger partial charge in [0.25, 0.3) is 0 Å². The zero-order chi connectivity index (χ0) is 15.2. The first-order chi connectivity index (χ1) is 10.1. The Morgan fingerprint density at radius 1 is 1.14 bits per heavy atom. The molecule has 118 valence electrons. The summed E-state index contributed by atoms with van der Waals surface area (Å²) in [6.45, 7) is 9.21. The number of hydrogen-bond acceptors (Lipinski definition) is 4. The van der Waals surface area contributed by atoms with Crippen LogP contribution >= 0.6 is 0 Å². The van der Waals surface area contributed by atoms with Crippen molar-refractivity contribution in [2.45, 2.75) is 45.7 Å². The highest BCUT2D eigenvalue weighted by Crippen LogP contribution is 2.34. The molecule has 21 heavy (non-hydrogen) atoms. The number of nitrogens with one attached hydrogen (secondary N) is 1. The number of benzene rings is 1. The van der Waals surface area contributed by atoms with E-state index in [0.29, 0.717) is 18.9 Å². The topological polar surface area (TPSA) is 33.7 Å². The Kier molecular flexibility index (Phi) is 5.88. The number of ether oxygens (including phenoxy) is 2. The number of rotatable bonds is 8. The molecular formula is C17H28N2O2. The second-order valence-electron chi connectivity index (χ2n) is 6.07. The first kappa shape index (κ1) is 16.1. The minimum atomic E-state index is 0.335. The third-order valence-corrected chi connectivity index (χ3v) is 4.17. The van der Waals surface area contributed by atoms with Crippen LogP contribution in [0, 0.1) is 0 Å². The predicted molar refractivity (Wildman–Crippen MR) is 86.0 cm³/mol. The highest BCUT2D eigenvalue weighted by molar-refractivity contribution is 5.45. The molecule has 1 N–H and O–H groups in total. The molecule has 0 saturated carbocycles. The molecule has 0 spiro atoms. The summed E-state index contributed by atoms with van der Waals surface area (Å²) in [5, 5.41) is 3.58. The lowest BCUT2D eigenvalue weighted by molar-refractivity contribution is 0.174. The lowest BCUT2D eigenvalue weighted by Crippen LogP contribution is -2.28. The van der Waals surface area contributed by atoms with Crippen molar-refractivity contribution in [3.05, 3.63) is 23.8 Å². The number of fused-ring (bicyclic) bond motifs is 1. The van der Waals surface area contributed by atoms with E-state index in [1.165, 1.54) is 18.4 Å². The molecule has 0 aromatic heterocycles. The van der Waals surface area contributed by atoms with Crippen molar-refractivity contribution in [3.63, 3.8) is 0 Å². The fourth-order valence-electron chi connectivity index (χ4n) is 2.36. The van der Waals surface area contributed by atoms with E-state index in [0.717, 1.165) is 24.6 Å². The van der Waals surface area contributed by atoms with E-state index in [1.54, 1.807) is 0 Å². The molecule has 2 rings (SSSR count). The largest absolute Gasteiger partial charge is 0.454 e. The van der Waals surface area contributed by atoms with Gasteiger partial charge in [0.1, 0.15) is 0 Å². The van der Waals surface area contributed by atoms with E-state index in [-0.39, 0.29) is 0 Å². The van der Waals surface area contributed by atoms with Gasteiger partial charge in [0, 0.05) is 12.1 Å². The monoisotopic (exact) mass is 292 g/mol. The highest BCUT2D eigenvalue weighted by atomic mass is 16.7. The van der Waals surface area contributed by atoms with Gasteiger partial charge in [0.2, 0.25) is 6.79 Å². The van der Waals surface area contributed by atoms with E-state index < -0.39 is 0 Å². The average Bonchev–Trinajstić information content (AvgIpc) is 2.93. The maximum Gasteiger partial charge on any atom is 0.231 e. The van der Waals surface area contributed by atoms with Crippen molar-refractivity contribution < 1.29 is 9.47 Å². The summed E-state index contributed by atoms with van der Waals surface area (Å²) in [6.07, 6.45) is 2.43. The molecule has 1 atom stereocenters. The van der Waals surface area contributed by atoms with Gasteiger partial charge >= 0.3 is 0 Å². The molecule has 0 radical (unpaired) electrons. The van der Waals surface area contributed by atoms with Crippen LogP contribution in [0.5, 0.6) is 11.5 Å². The van der Waals surface area contributed by atoms with Crippen LogP contribution in [0.15, 0.2) is 18.2 Å². The zero-order valence-corrected chi connectivity index (χ0v) is 13.7. The molecule has 4 nitrogen and oxygen atoms in total. The minimum absolute atomic E-state index is 0.335. The maximum absolute atomic E-state index is 5.43. The van der Waals surface area contributed by atoms with Crippen LogP contribution in [0.4, 0.5) is 0 Å². The van der Waals surface area contributed by atoms with E-state index in [2.05, 4.69) is 50.2 Å². The molecule has 1 aliphatic rings. The second kappa shape index (κ2) is 7.66. The molecule has 1 aromatic carbocycles. The minimum Gasteiger partial charge on any atom is -0.454 e. The zero-order valence-electron chi connectivity index (χ0n) is 13.7. The summed E-state index contributed by atoms with van der Waals surface area (Å²) >= 11 is 0. The molecule has 0 bridgehead atoms. The van der Waals surface area contributed by atoms with Crippen LogP contribution in [0.1, 0.15) is 45.2 Å². The standard InChI is InChI=1S/C17H28N2O2/c1-13(2)19(4)10-6-5-9-18-14(3)15-7-8-16-17(11-15)21-12-20-16/h7-8,11,13-14,18H,5-6,9-10,12H2,1-4H3. The number of nitrogens with zero attached hydrogens (tertiary/aromatic N) is 1. The van der Waals surface area contributed by atoms with Crippen molar-refractivity contribution >= 4 is 0 Å². The lowest BCUT2D eigenvalue weighted by Gasteiger charge is -2.21. The SMILES string of the molecule is CC(NCCCCN(C)C(C)C)c1ccc2c(c1)OCO2. The van der Waals surface area contributed by atoms with Crippen molar-refractivity contribution in [1.82, 2.24) is 10.2 Å². The summed E-state index contributed by atoms with van der Waals surface area (Å²) in [7, 11) is 2.19. The van der Waals surface area contributed by atoms with Gasteiger partial charge in [0.15, 0.2) is 11.5 Å². The van der Waals surface area contributed by atoms with Gasteiger partial charge in [-0.3, -0.25) is 0 Å². The quantitative estimate of drug-likeness (QED) is 0.746. The Balaban J connectivity index is 1.69. The Hall–Kier alpha value is -1.26. The smallest absolute Gasteiger partial charge is 0.231 e. The second-order valence-corrected chi connectivity index (χ2v) is 6.07. The first-order valence-electron chi connectivity index (χ1n) is 7.91. The van der Waals surface area contributed by atoms with Crippen LogP contribution in [0.25, 0.3) is 0 Å². The molecule has 0 saturated heterocycles. The van der Waals surface area contributed by atoms with E-state index in [9.17, 15) is 0 Å². The van der Waals surface area contributed by atoms with Crippen molar-refractivity contribution in [3.8, 4) is 11.5 Å². The fourth-order valence-corrected chi connectivity index (χ4v) is 2.36. The van der Waals surface area contributed by atoms with Gasteiger partial charge in [-0.25, -0.2) is 0 Å². The number of unbranched alkanes of at least 4 members (excludes halogenated alkanes) is 1. The van der Waals surface area contributed by atoms with Crippen molar-refractivity contribution in [2.24, 2.45) is 0 Å². The normalized spacial score (nSPS) is 15.0. The molecule has 1 heterocycles. The summed E-state index contributed by atoms with van der Waals surface area (Å²) in [6, 6.07) is 7.14. The Morgan fingerprint density at radius 3 is 2.67 bits per heavy atom. The van der Waals surface area contributed by atoms with Crippen LogP contribution in [-0.2, 0) is 0 Å². The maximum atomic E-state index is 5.43. The van der Waals surface area contributed by atoms with E-state index >= 15 is 0 Å². The third-order valence-electron chi connectivity index (χ3n) is 4.17. The van der Waals surface area contributed by atoms with E-state index in [1.807, 2.05) is 6.07 Å². The van der Waals surface area contributed by atoms with Gasteiger partial charge in [0.05, 0.1) is 0 Å². The van der Waals surface area contributed by atoms with Crippen molar-refractivity contribution in [2.75, 3.05) is 26.9 Å². The first-order valence-corrected chi connectivity index (χ1v) is 7.91. The molecular weight excluding hydrogens is 264 g/mol. The molecule has 1 unspecified atom stereocenters. The van der Waals surface area contributed by atoms with Crippen LogP contribution < -0.4 is 14.8 Å². The summed E-state index contributed by atoms with van der Waals surface area (Å²) in [4.78, 5) is 2.39. The predicted octanol–water partition coefficient (Wildman–Crippen LogP) is 3.19. The molecule has 0 amide bonds. The molecule has 0 aliphatic carbocycles. The molecule has 4 heteroatoms. The Bertz CT molecular complexity index is 448. The van der Waals surface area contributed by atoms with Gasteiger partial charge in [-0.05, 0) is 71.4 Å². The fraction of sp³-hybridized carbons (Fsp3) is 0.647. The summed E-state index contributed by atoms with van der Waals surface area (Å²) < 4.78 is 10.8. The Labute approximate surface area is 128 Å². The van der Waals surface area contributed by atoms with Crippen LogP contribution in [-0.4, -0.2) is 37.9 Å². The Morgan fingerprint density at radius 2 is 1.90 bits per heavy atom. The highest BCUT2D eigenvalue weighted by Gasteiger charge is 2.15.